The van der Waals surface area contributed by atoms with Gasteiger partial charge in [0.2, 0.25) is 0 Å². The summed E-state index contributed by atoms with van der Waals surface area (Å²) in [6.07, 6.45) is 6.28. The standard InChI is InChI=1S/C18H21N5O/c1-12(2)17-22-18(24-23-17)15-4-5-16(20-11-15)21-13(3)10-14-6-8-19-9-7-14/h4-9,11-13H,10H2,1-3H3,(H,20,21)/t13-/m0/s1. The molecule has 0 spiro atoms. The smallest absolute Gasteiger partial charge is 0.259 e. The molecular weight excluding hydrogens is 302 g/mol. The van der Waals surface area contributed by atoms with Crippen LogP contribution in [-0.2, 0) is 6.42 Å². The topological polar surface area (TPSA) is 76.7 Å². The van der Waals surface area contributed by atoms with Gasteiger partial charge < -0.3 is 9.84 Å². The zero-order chi connectivity index (χ0) is 16.9. The van der Waals surface area contributed by atoms with Crippen LogP contribution in [0.5, 0.6) is 0 Å². The monoisotopic (exact) mass is 323 g/mol. The Hall–Kier alpha value is -2.76. The molecule has 124 valence electrons. The Kier molecular flexibility index (Phi) is 4.84. The molecule has 3 aromatic heterocycles. The Morgan fingerprint density at radius 3 is 2.50 bits per heavy atom. The minimum atomic E-state index is 0.241. The van der Waals surface area contributed by atoms with Crippen molar-refractivity contribution in [2.75, 3.05) is 5.32 Å². The molecule has 0 unspecified atom stereocenters. The van der Waals surface area contributed by atoms with Crippen LogP contribution in [0.25, 0.3) is 11.5 Å². The highest BCUT2D eigenvalue weighted by atomic mass is 16.5. The van der Waals surface area contributed by atoms with Crippen molar-refractivity contribution in [1.29, 1.82) is 0 Å². The minimum Gasteiger partial charge on any atom is -0.367 e. The molecule has 0 radical (unpaired) electrons. The zero-order valence-corrected chi connectivity index (χ0v) is 14.1. The number of nitrogens with one attached hydrogen (secondary N) is 1. The Balaban J connectivity index is 1.63. The van der Waals surface area contributed by atoms with Crippen LogP contribution in [-0.4, -0.2) is 26.2 Å². The highest BCUT2D eigenvalue weighted by Gasteiger charge is 2.12. The van der Waals surface area contributed by atoms with E-state index >= 15 is 0 Å². The zero-order valence-electron chi connectivity index (χ0n) is 14.1. The minimum absolute atomic E-state index is 0.241. The van der Waals surface area contributed by atoms with E-state index in [0.29, 0.717) is 11.7 Å². The summed E-state index contributed by atoms with van der Waals surface area (Å²) in [5, 5.41) is 7.37. The molecule has 0 saturated heterocycles. The van der Waals surface area contributed by atoms with E-state index in [-0.39, 0.29) is 12.0 Å². The molecule has 3 heterocycles. The first-order chi connectivity index (χ1) is 11.6. The first-order valence-electron chi connectivity index (χ1n) is 8.07. The number of nitrogens with zero attached hydrogens (tertiary/aromatic N) is 4. The second-order valence-electron chi connectivity index (χ2n) is 6.15. The van der Waals surface area contributed by atoms with E-state index in [2.05, 4.69) is 32.3 Å². The van der Waals surface area contributed by atoms with Crippen molar-refractivity contribution in [2.45, 2.75) is 39.2 Å². The fourth-order valence-corrected chi connectivity index (χ4v) is 2.37. The summed E-state index contributed by atoms with van der Waals surface area (Å²) < 4.78 is 5.28. The highest BCUT2D eigenvalue weighted by molar-refractivity contribution is 5.54. The lowest BCUT2D eigenvalue weighted by atomic mass is 10.1. The molecule has 0 aliphatic carbocycles. The van der Waals surface area contributed by atoms with Gasteiger partial charge in [-0.25, -0.2) is 4.98 Å². The van der Waals surface area contributed by atoms with Crippen molar-refractivity contribution in [3.05, 3.63) is 54.2 Å². The van der Waals surface area contributed by atoms with Crippen LogP contribution in [0.2, 0.25) is 0 Å². The molecule has 0 aliphatic heterocycles. The van der Waals surface area contributed by atoms with Gasteiger partial charge in [-0.15, -0.1) is 0 Å². The van der Waals surface area contributed by atoms with Gasteiger partial charge in [-0.2, -0.15) is 4.98 Å². The van der Waals surface area contributed by atoms with Crippen molar-refractivity contribution < 1.29 is 4.52 Å². The number of hydrogen-bond donors (Lipinski definition) is 1. The molecule has 0 saturated carbocycles. The summed E-state index contributed by atoms with van der Waals surface area (Å²) in [5.74, 6) is 2.27. The molecule has 0 aliphatic rings. The normalized spacial score (nSPS) is 12.3. The lowest BCUT2D eigenvalue weighted by Gasteiger charge is -2.14. The highest BCUT2D eigenvalue weighted by Crippen LogP contribution is 2.20. The summed E-state index contributed by atoms with van der Waals surface area (Å²) in [4.78, 5) is 12.9. The van der Waals surface area contributed by atoms with Gasteiger partial charge >= 0.3 is 0 Å². The van der Waals surface area contributed by atoms with Crippen molar-refractivity contribution >= 4 is 5.82 Å². The molecule has 1 atom stereocenters. The lowest BCUT2D eigenvalue weighted by molar-refractivity contribution is 0.419. The fraction of sp³-hybridized carbons (Fsp3) is 0.333. The number of rotatable bonds is 6. The lowest BCUT2D eigenvalue weighted by Crippen LogP contribution is -2.18. The summed E-state index contributed by atoms with van der Waals surface area (Å²) >= 11 is 0. The molecule has 3 rings (SSSR count). The van der Waals surface area contributed by atoms with Crippen LogP contribution >= 0.6 is 0 Å². The summed E-state index contributed by atoms with van der Waals surface area (Å²) in [6.45, 7) is 6.19. The Labute approximate surface area is 141 Å². The van der Waals surface area contributed by atoms with Crippen LogP contribution < -0.4 is 5.32 Å². The molecular formula is C18H21N5O. The van der Waals surface area contributed by atoms with E-state index in [1.165, 1.54) is 5.56 Å². The van der Waals surface area contributed by atoms with E-state index < -0.39 is 0 Å². The number of aromatic nitrogens is 4. The fourth-order valence-electron chi connectivity index (χ4n) is 2.37. The maximum Gasteiger partial charge on any atom is 0.259 e. The Morgan fingerprint density at radius 1 is 1.08 bits per heavy atom. The van der Waals surface area contributed by atoms with Gasteiger partial charge in [0, 0.05) is 30.6 Å². The Morgan fingerprint density at radius 2 is 1.88 bits per heavy atom. The maximum absolute atomic E-state index is 5.28. The SMILES string of the molecule is CC(C)c1noc(-c2ccc(N[C@@H](C)Cc3ccncc3)nc2)n1. The van der Waals surface area contributed by atoms with Gasteiger partial charge in [-0.05, 0) is 43.2 Å². The first-order valence-corrected chi connectivity index (χ1v) is 8.07. The summed E-state index contributed by atoms with van der Waals surface area (Å²) in [6, 6.07) is 8.18. The van der Waals surface area contributed by atoms with E-state index in [1.54, 1.807) is 6.20 Å². The quantitative estimate of drug-likeness (QED) is 0.745. The molecule has 24 heavy (non-hydrogen) atoms. The number of anilines is 1. The van der Waals surface area contributed by atoms with E-state index in [1.807, 2.05) is 50.5 Å². The van der Waals surface area contributed by atoms with Gasteiger partial charge in [-0.1, -0.05) is 19.0 Å². The van der Waals surface area contributed by atoms with Crippen LogP contribution in [0.3, 0.4) is 0 Å². The number of pyridine rings is 2. The third-order valence-corrected chi connectivity index (χ3v) is 3.65. The molecule has 0 aromatic carbocycles. The van der Waals surface area contributed by atoms with Gasteiger partial charge in [0.1, 0.15) is 5.82 Å². The number of hydrogen-bond acceptors (Lipinski definition) is 6. The van der Waals surface area contributed by atoms with Gasteiger partial charge in [0.25, 0.3) is 5.89 Å². The molecule has 6 heteroatoms. The molecule has 0 bridgehead atoms. The van der Waals surface area contributed by atoms with Gasteiger partial charge in [-0.3, -0.25) is 4.98 Å². The molecule has 3 aromatic rings. The van der Waals surface area contributed by atoms with E-state index in [0.717, 1.165) is 17.8 Å². The Bertz CT molecular complexity index is 768. The summed E-state index contributed by atoms with van der Waals surface area (Å²) in [7, 11) is 0. The molecule has 0 amide bonds. The van der Waals surface area contributed by atoms with Crippen LogP contribution in [0, 0.1) is 0 Å². The largest absolute Gasteiger partial charge is 0.367 e. The predicted octanol–water partition coefficient (Wildman–Crippen LogP) is 3.69. The third kappa shape index (κ3) is 3.95. The van der Waals surface area contributed by atoms with Crippen molar-refractivity contribution in [3.63, 3.8) is 0 Å². The van der Waals surface area contributed by atoms with Crippen LogP contribution in [0.1, 0.15) is 38.1 Å². The predicted molar refractivity (Wildman–Crippen MR) is 92.6 cm³/mol. The van der Waals surface area contributed by atoms with Crippen LogP contribution in [0.15, 0.2) is 47.4 Å². The molecule has 1 N–H and O–H groups in total. The average Bonchev–Trinajstić information content (AvgIpc) is 3.07. The first kappa shape index (κ1) is 16.1. The summed E-state index contributed by atoms with van der Waals surface area (Å²) in [5.41, 5.74) is 2.07. The van der Waals surface area contributed by atoms with Crippen molar-refractivity contribution in [2.24, 2.45) is 0 Å². The second-order valence-corrected chi connectivity index (χ2v) is 6.15. The molecule has 0 fully saturated rings. The second kappa shape index (κ2) is 7.21. The van der Waals surface area contributed by atoms with Crippen molar-refractivity contribution in [1.82, 2.24) is 20.1 Å². The van der Waals surface area contributed by atoms with Crippen LogP contribution in [0.4, 0.5) is 5.82 Å². The van der Waals surface area contributed by atoms with Gasteiger partial charge in [0.15, 0.2) is 5.82 Å². The van der Waals surface area contributed by atoms with Crippen molar-refractivity contribution in [3.8, 4) is 11.5 Å². The third-order valence-electron chi connectivity index (χ3n) is 3.65. The maximum atomic E-state index is 5.28. The average molecular weight is 323 g/mol. The molecule has 6 nitrogen and oxygen atoms in total. The van der Waals surface area contributed by atoms with Gasteiger partial charge in [0.05, 0.1) is 5.56 Å². The van der Waals surface area contributed by atoms with E-state index in [4.69, 9.17) is 4.52 Å². The van der Waals surface area contributed by atoms with E-state index in [9.17, 15) is 0 Å².